The van der Waals surface area contributed by atoms with Crippen molar-refractivity contribution in [1.29, 1.82) is 0 Å². The smallest absolute Gasteiger partial charge is 0.416 e. The summed E-state index contributed by atoms with van der Waals surface area (Å²) in [5, 5.41) is 2.75. The third-order valence-corrected chi connectivity index (χ3v) is 4.55. The minimum absolute atomic E-state index is 0.0305. The van der Waals surface area contributed by atoms with Crippen molar-refractivity contribution in [2.75, 3.05) is 19.0 Å². The third kappa shape index (κ3) is 4.32. The number of carbonyl (C=O) groups excluding carboxylic acids is 2. The molecule has 30 heavy (non-hydrogen) atoms. The fourth-order valence-electron chi connectivity index (χ4n) is 3.17. The molecule has 0 radical (unpaired) electrons. The highest BCUT2D eigenvalue weighted by Crippen LogP contribution is 2.34. The number of alkyl halides is 3. The molecule has 0 saturated carbocycles. The van der Waals surface area contributed by atoms with Crippen molar-refractivity contribution < 1.29 is 27.5 Å². The zero-order valence-corrected chi connectivity index (χ0v) is 16.7. The van der Waals surface area contributed by atoms with Crippen LogP contribution in [0.4, 0.5) is 18.9 Å². The van der Waals surface area contributed by atoms with Gasteiger partial charge in [0, 0.05) is 12.2 Å². The van der Waals surface area contributed by atoms with Crippen molar-refractivity contribution >= 4 is 23.1 Å². The summed E-state index contributed by atoms with van der Waals surface area (Å²) in [6, 6.07) is 11.1. The molecule has 0 aromatic heterocycles. The van der Waals surface area contributed by atoms with Gasteiger partial charge in [-0.15, -0.1) is 0 Å². The third-order valence-electron chi connectivity index (χ3n) is 4.55. The number of hydrogen-bond acceptors (Lipinski definition) is 4. The second kappa shape index (κ2) is 8.22. The van der Waals surface area contributed by atoms with Crippen LogP contribution in [-0.4, -0.2) is 30.4 Å². The molecule has 0 fully saturated rings. The molecule has 158 valence electrons. The molecular formula is C22H21F3N2O3. The van der Waals surface area contributed by atoms with E-state index in [9.17, 15) is 22.8 Å². The van der Waals surface area contributed by atoms with Crippen molar-refractivity contribution in [3.63, 3.8) is 0 Å². The maximum atomic E-state index is 13.1. The number of anilines is 1. The van der Waals surface area contributed by atoms with Gasteiger partial charge in [0.05, 0.1) is 18.2 Å². The molecule has 2 aromatic rings. The Kier molecular flexibility index (Phi) is 5.87. The van der Waals surface area contributed by atoms with Crippen molar-refractivity contribution in [2.24, 2.45) is 5.92 Å². The predicted octanol–water partition coefficient (Wildman–Crippen LogP) is 4.56. The Morgan fingerprint density at radius 2 is 1.70 bits per heavy atom. The van der Waals surface area contributed by atoms with Gasteiger partial charge < -0.3 is 10.1 Å². The second-order valence-electron chi connectivity index (χ2n) is 7.30. The van der Waals surface area contributed by atoms with Gasteiger partial charge in [0.1, 0.15) is 11.4 Å². The van der Waals surface area contributed by atoms with Crippen LogP contribution in [0.1, 0.15) is 25.0 Å². The van der Waals surface area contributed by atoms with Crippen LogP contribution >= 0.6 is 0 Å². The van der Waals surface area contributed by atoms with Crippen LogP contribution in [0.3, 0.4) is 0 Å². The van der Waals surface area contributed by atoms with Crippen molar-refractivity contribution in [2.45, 2.75) is 20.0 Å². The highest BCUT2D eigenvalue weighted by atomic mass is 19.4. The van der Waals surface area contributed by atoms with Gasteiger partial charge in [-0.1, -0.05) is 32.0 Å². The van der Waals surface area contributed by atoms with E-state index in [4.69, 9.17) is 4.74 Å². The maximum Gasteiger partial charge on any atom is 0.416 e. The SMILES string of the molecule is COc1ccc(C2=C(Nc3cccc(C(F)(F)F)c3)C(=O)N(CC(C)C)C2=O)cc1. The number of benzene rings is 2. The van der Waals surface area contributed by atoms with Crippen LogP contribution < -0.4 is 10.1 Å². The molecular weight excluding hydrogens is 397 g/mol. The Hall–Kier alpha value is -3.29. The first-order chi connectivity index (χ1) is 14.1. The maximum absolute atomic E-state index is 13.1. The number of amides is 2. The van der Waals surface area contributed by atoms with Gasteiger partial charge in [0.2, 0.25) is 0 Å². The molecule has 1 aliphatic rings. The molecule has 0 aliphatic carbocycles. The largest absolute Gasteiger partial charge is 0.497 e. The van der Waals surface area contributed by atoms with Gasteiger partial charge in [-0.3, -0.25) is 14.5 Å². The van der Waals surface area contributed by atoms with E-state index in [-0.39, 0.29) is 29.4 Å². The highest BCUT2D eigenvalue weighted by Gasteiger charge is 2.39. The van der Waals surface area contributed by atoms with Crippen LogP contribution in [0.5, 0.6) is 5.75 Å². The second-order valence-corrected chi connectivity index (χ2v) is 7.30. The fourth-order valence-corrected chi connectivity index (χ4v) is 3.17. The minimum Gasteiger partial charge on any atom is -0.497 e. The Morgan fingerprint density at radius 1 is 1.03 bits per heavy atom. The Labute approximate surface area is 172 Å². The average Bonchev–Trinajstić information content (AvgIpc) is 2.91. The Morgan fingerprint density at radius 3 is 2.27 bits per heavy atom. The van der Waals surface area contributed by atoms with Gasteiger partial charge in [-0.25, -0.2) is 0 Å². The summed E-state index contributed by atoms with van der Waals surface area (Å²) in [5.41, 5.74) is -0.256. The molecule has 1 N–H and O–H groups in total. The number of imide groups is 1. The predicted molar refractivity (Wildman–Crippen MR) is 107 cm³/mol. The summed E-state index contributed by atoms with van der Waals surface area (Å²) in [6.07, 6.45) is -4.52. The van der Waals surface area contributed by atoms with E-state index in [1.165, 1.54) is 19.2 Å². The number of nitrogens with zero attached hydrogens (tertiary/aromatic N) is 1. The van der Waals surface area contributed by atoms with Crippen LogP contribution in [-0.2, 0) is 15.8 Å². The van der Waals surface area contributed by atoms with Gasteiger partial charge in [0.15, 0.2) is 0 Å². The number of halogens is 3. The first-order valence-electron chi connectivity index (χ1n) is 9.31. The zero-order valence-electron chi connectivity index (χ0n) is 16.7. The molecule has 8 heteroatoms. The summed E-state index contributed by atoms with van der Waals surface area (Å²) in [7, 11) is 1.50. The van der Waals surface area contributed by atoms with Crippen LogP contribution in [0.25, 0.3) is 5.57 Å². The van der Waals surface area contributed by atoms with Crippen LogP contribution in [0.15, 0.2) is 54.2 Å². The van der Waals surface area contributed by atoms with Crippen LogP contribution in [0, 0.1) is 5.92 Å². The van der Waals surface area contributed by atoms with E-state index in [0.717, 1.165) is 17.0 Å². The van der Waals surface area contributed by atoms with Crippen LogP contribution in [0.2, 0.25) is 0 Å². The molecule has 0 unspecified atom stereocenters. The lowest BCUT2D eigenvalue weighted by Crippen LogP contribution is -2.35. The van der Waals surface area contributed by atoms with E-state index in [0.29, 0.717) is 11.3 Å². The number of rotatable bonds is 6. The lowest BCUT2D eigenvalue weighted by molar-refractivity contribution is -0.138. The first kappa shape index (κ1) is 21.4. The molecule has 2 amide bonds. The number of hydrogen-bond donors (Lipinski definition) is 1. The Bertz CT molecular complexity index is 995. The van der Waals surface area contributed by atoms with Gasteiger partial charge in [0.25, 0.3) is 11.8 Å². The number of ether oxygens (including phenoxy) is 1. The normalized spacial score (nSPS) is 14.7. The molecule has 0 atom stereocenters. The average molecular weight is 418 g/mol. The van der Waals surface area contributed by atoms with Gasteiger partial charge >= 0.3 is 6.18 Å². The first-order valence-corrected chi connectivity index (χ1v) is 9.31. The minimum atomic E-state index is -4.52. The van der Waals surface area contributed by atoms with Crippen molar-refractivity contribution in [3.8, 4) is 5.75 Å². The standard InChI is InChI=1S/C22H21F3N2O3/c1-13(2)12-27-20(28)18(14-7-9-17(30-3)10-8-14)19(21(27)29)26-16-6-4-5-15(11-16)22(23,24)25/h4-11,13,26H,12H2,1-3H3. The van der Waals surface area contributed by atoms with Crippen molar-refractivity contribution in [3.05, 3.63) is 65.4 Å². The highest BCUT2D eigenvalue weighted by molar-refractivity contribution is 6.36. The molecule has 0 spiro atoms. The number of carbonyl (C=O) groups is 2. The topological polar surface area (TPSA) is 58.6 Å². The molecule has 1 heterocycles. The molecule has 5 nitrogen and oxygen atoms in total. The molecule has 0 bridgehead atoms. The van der Waals surface area contributed by atoms with E-state index in [2.05, 4.69) is 5.32 Å². The lowest BCUT2D eigenvalue weighted by atomic mass is 10.0. The quantitative estimate of drug-likeness (QED) is 0.699. The molecule has 3 rings (SSSR count). The number of nitrogens with one attached hydrogen (secondary N) is 1. The molecule has 0 saturated heterocycles. The van der Waals surface area contributed by atoms with Gasteiger partial charge in [-0.2, -0.15) is 13.2 Å². The molecule has 2 aromatic carbocycles. The van der Waals surface area contributed by atoms with E-state index in [1.807, 2.05) is 13.8 Å². The monoisotopic (exact) mass is 418 g/mol. The van der Waals surface area contributed by atoms with E-state index < -0.39 is 23.6 Å². The summed E-state index contributed by atoms with van der Waals surface area (Å²) in [6.45, 7) is 3.93. The summed E-state index contributed by atoms with van der Waals surface area (Å²) in [4.78, 5) is 27.1. The summed E-state index contributed by atoms with van der Waals surface area (Å²) < 4.78 is 44.3. The molecule has 1 aliphatic heterocycles. The summed E-state index contributed by atoms with van der Waals surface area (Å²) >= 11 is 0. The van der Waals surface area contributed by atoms with Gasteiger partial charge in [-0.05, 0) is 41.8 Å². The van der Waals surface area contributed by atoms with E-state index >= 15 is 0 Å². The van der Waals surface area contributed by atoms with Crippen molar-refractivity contribution in [1.82, 2.24) is 4.90 Å². The van der Waals surface area contributed by atoms with E-state index in [1.54, 1.807) is 24.3 Å². The summed E-state index contributed by atoms with van der Waals surface area (Å²) in [5.74, 6) is -0.462. The number of methoxy groups -OCH3 is 1. The fraction of sp³-hybridized carbons (Fsp3) is 0.273. The Balaban J connectivity index is 2.06. The zero-order chi connectivity index (χ0) is 22.1. The lowest BCUT2D eigenvalue weighted by Gasteiger charge is -2.17.